The minimum absolute atomic E-state index is 0.0204. The van der Waals surface area contributed by atoms with Gasteiger partial charge in [0.15, 0.2) is 5.82 Å². The predicted octanol–water partition coefficient (Wildman–Crippen LogP) is 2.48. The summed E-state index contributed by atoms with van der Waals surface area (Å²) < 4.78 is 37.9. The molecule has 9 nitrogen and oxygen atoms in total. The van der Waals surface area contributed by atoms with E-state index in [2.05, 4.69) is 25.6 Å². The van der Waals surface area contributed by atoms with Gasteiger partial charge in [0.2, 0.25) is 17.8 Å². The second kappa shape index (κ2) is 8.73. The predicted molar refractivity (Wildman–Crippen MR) is 119 cm³/mol. The van der Waals surface area contributed by atoms with Crippen LogP contribution >= 0.6 is 0 Å². The first kappa shape index (κ1) is 23.7. The summed E-state index contributed by atoms with van der Waals surface area (Å²) in [5.74, 6) is 0.857. The van der Waals surface area contributed by atoms with Gasteiger partial charge in [-0.2, -0.15) is 18.2 Å². The fraction of sp³-hybridized carbons (Fsp3) is 0.500. The van der Waals surface area contributed by atoms with Crippen LogP contribution < -0.4 is 15.5 Å². The van der Waals surface area contributed by atoms with Gasteiger partial charge in [0.1, 0.15) is 17.4 Å². The molecule has 182 valence electrons. The summed E-state index contributed by atoms with van der Waals surface area (Å²) in [6.07, 6.45) is -3.45. The number of aryl methyl sites for hydroxylation is 1. The van der Waals surface area contributed by atoms with Gasteiger partial charge >= 0.3 is 6.18 Å². The van der Waals surface area contributed by atoms with Crippen LogP contribution in [0.1, 0.15) is 30.8 Å². The molecule has 0 spiro atoms. The zero-order valence-corrected chi connectivity index (χ0v) is 19.3. The Kier molecular flexibility index (Phi) is 6.09. The number of nitrogens with one attached hydrogen (secondary N) is 2. The van der Waals surface area contributed by atoms with Crippen molar-refractivity contribution in [1.82, 2.24) is 19.9 Å². The number of carbonyl (C=O) groups is 2. The van der Waals surface area contributed by atoms with E-state index in [9.17, 15) is 22.8 Å². The smallest absolute Gasteiger partial charge is 0.348 e. The molecule has 2 N–H and O–H groups in total. The molecule has 1 saturated heterocycles. The van der Waals surface area contributed by atoms with Gasteiger partial charge in [0, 0.05) is 26.3 Å². The Balaban J connectivity index is 1.36. The van der Waals surface area contributed by atoms with Crippen molar-refractivity contribution >= 4 is 29.3 Å². The third kappa shape index (κ3) is 4.62. The number of carbonyl (C=O) groups excluding carboxylic acids is 2. The summed E-state index contributed by atoms with van der Waals surface area (Å²) >= 11 is 0. The van der Waals surface area contributed by atoms with E-state index in [1.165, 1.54) is 6.07 Å². The van der Waals surface area contributed by atoms with Gasteiger partial charge in [0.05, 0.1) is 18.2 Å². The van der Waals surface area contributed by atoms with Crippen LogP contribution in [0.5, 0.6) is 0 Å². The van der Waals surface area contributed by atoms with Crippen molar-refractivity contribution in [3.63, 3.8) is 0 Å². The first-order chi connectivity index (χ1) is 15.9. The first-order valence-corrected chi connectivity index (χ1v) is 10.9. The molecular weight excluding hydrogens is 451 g/mol. The number of aromatic nitrogens is 3. The molecule has 1 unspecified atom stereocenters. The largest absolute Gasteiger partial charge is 0.433 e. The minimum Gasteiger partial charge on any atom is -0.348 e. The molecule has 0 aliphatic carbocycles. The molecule has 4 rings (SSSR count). The van der Waals surface area contributed by atoms with Crippen LogP contribution in [0.25, 0.3) is 0 Å². The molecule has 12 heteroatoms. The Morgan fingerprint density at radius 1 is 1.26 bits per heavy atom. The summed E-state index contributed by atoms with van der Waals surface area (Å²) in [7, 11) is 1.83. The molecule has 2 aliphatic rings. The number of likely N-dealkylation sites (N-methyl/N-ethyl adjacent to an activating group) is 1. The number of hydrogen-bond donors (Lipinski definition) is 2. The number of hydrogen-bond acceptors (Lipinski definition) is 7. The molecular formula is C22H26F3N7O2. The van der Waals surface area contributed by atoms with E-state index in [0.29, 0.717) is 41.8 Å². The average molecular weight is 477 g/mol. The number of alkyl halides is 3. The van der Waals surface area contributed by atoms with E-state index in [4.69, 9.17) is 0 Å². The lowest BCUT2D eigenvalue weighted by atomic mass is 9.99. The summed E-state index contributed by atoms with van der Waals surface area (Å²) in [5, 5.41) is 6.13. The van der Waals surface area contributed by atoms with Crippen LogP contribution in [0.15, 0.2) is 18.3 Å². The molecule has 4 heterocycles. The van der Waals surface area contributed by atoms with Gasteiger partial charge in [-0.05, 0) is 24.5 Å². The van der Waals surface area contributed by atoms with E-state index in [1.54, 1.807) is 11.8 Å². The fourth-order valence-electron chi connectivity index (χ4n) is 4.22. The van der Waals surface area contributed by atoms with Crippen molar-refractivity contribution in [2.24, 2.45) is 5.92 Å². The van der Waals surface area contributed by atoms with Gasteiger partial charge in [-0.15, -0.1) is 0 Å². The zero-order valence-electron chi connectivity index (χ0n) is 19.3. The molecule has 2 aromatic heterocycles. The van der Waals surface area contributed by atoms with Crippen molar-refractivity contribution in [1.29, 1.82) is 0 Å². The highest BCUT2D eigenvalue weighted by atomic mass is 19.4. The van der Waals surface area contributed by atoms with Crippen molar-refractivity contribution < 1.29 is 22.8 Å². The maximum Gasteiger partial charge on any atom is 0.433 e. The van der Waals surface area contributed by atoms with Crippen LogP contribution in [0.4, 0.5) is 30.6 Å². The van der Waals surface area contributed by atoms with Gasteiger partial charge in [-0.1, -0.05) is 19.9 Å². The number of pyridine rings is 1. The molecule has 0 aromatic carbocycles. The van der Waals surface area contributed by atoms with Crippen LogP contribution in [0.2, 0.25) is 0 Å². The second-order valence-corrected chi connectivity index (χ2v) is 8.99. The molecule has 2 amide bonds. The number of fused-ring (bicyclic) bond motifs is 1. The molecule has 2 aromatic rings. The summed E-state index contributed by atoms with van der Waals surface area (Å²) in [6.45, 7) is 6.59. The third-order valence-electron chi connectivity index (χ3n) is 6.01. The lowest BCUT2D eigenvalue weighted by molar-refractivity contribution is -0.141. The Bertz CT molecular complexity index is 1100. The fourth-order valence-corrected chi connectivity index (χ4v) is 4.22. The molecule has 2 aliphatic heterocycles. The van der Waals surface area contributed by atoms with E-state index in [0.717, 1.165) is 12.3 Å². The SMILES string of the molecule is Cc1nc(NC2CN(C(=O)Cc3ccc(C(F)(F)F)nc3)C2)nc2c1NC(=O)C(C(C)C)N2C. The molecule has 1 fully saturated rings. The van der Waals surface area contributed by atoms with Gasteiger partial charge < -0.3 is 20.4 Å². The highest BCUT2D eigenvalue weighted by molar-refractivity contribution is 6.03. The molecule has 0 radical (unpaired) electrons. The molecule has 34 heavy (non-hydrogen) atoms. The van der Waals surface area contributed by atoms with E-state index < -0.39 is 11.9 Å². The average Bonchev–Trinajstić information content (AvgIpc) is 2.70. The Labute approximate surface area is 194 Å². The third-order valence-corrected chi connectivity index (χ3v) is 6.01. The van der Waals surface area contributed by atoms with Crippen LogP contribution in [0.3, 0.4) is 0 Å². The number of likely N-dealkylation sites (tertiary alicyclic amines) is 1. The number of amides is 2. The van der Waals surface area contributed by atoms with Crippen LogP contribution in [-0.2, 0) is 22.2 Å². The number of rotatable bonds is 5. The summed E-state index contributed by atoms with van der Waals surface area (Å²) in [4.78, 5) is 40.8. The van der Waals surface area contributed by atoms with Crippen molar-refractivity contribution in [3.05, 3.63) is 35.3 Å². The number of anilines is 3. The Morgan fingerprint density at radius 2 is 1.97 bits per heavy atom. The van der Waals surface area contributed by atoms with E-state index >= 15 is 0 Å². The maximum absolute atomic E-state index is 12.6. The summed E-state index contributed by atoms with van der Waals surface area (Å²) in [6, 6.07) is 1.75. The quantitative estimate of drug-likeness (QED) is 0.682. The lowest BCUT2D eigenvalue weighted by Crippen LogP contribution is -2.57. The van der Waals surface area contributed by atoms with Crippen molar-refractivity contribution in [3.8, 4) is 0 Å². The zero-order chi connectivity index (χ0) is 24.8. The second-order valence-electron chi connectivity index (χ2n) is 8.99. The highest BCUT2D eigenvalue weighted by Gasteiger charge is 2.36. The van der Waals surface area contributed by atoms with Crippen LogP contribution in [0, 0.1) is 12.8 Å². The van der Waals surface area contributed by atoms with Crippen molar-refractivity contribution in [2.45, 2.75) is 45.5 Å². The first-order valence-electron chi connectivity index (χ1n) is 10.9. The van der Waals surface area contributed by atoms with Crippen molar-refractivity contribution in [2.75, 3.05) is 35.7 Å². The van der Waals surface area contributed by atoms with Gasteiger partial charge in [0.25, 0.3) is 0 Å². The number of nitrogens with zero attached hydrogens (tertiary/aromatic N) is 5. The Hall–Kier alpha value is -3.44. The monoisotopic (exact) mass is 477 g/mol. The van der Waals surface area contributed by atoms with Crippen LogP contribution in [-0.4, -0.2) is 63.9 Å². The minimum atomic E-state index is -4.51. The Morgan fingerprint density at radius 3 is 2.56 bits per heavy atom. The van der Waals surface area contributed by atoms with Gasteiger partial charge in [-0.3, -0.25) is 14.6 Å². The summed E-state index contributed by atoms with van der Waals surface area (Å²) in [5.41, 5.74) is 0.664. The molecule has 0 saturated carbocycles. The molecule has 1 atom stereocenters. The lowest BCUT2D eigenvalue weighted by Gasteiger charge is -2.40. The normalized spacial score (nSPS) is 18.5. The topological polar surface area (TPSA) is 103 Å². The van der Waals surface area contributed by atoms with Gasteiger partial charge in [-0.25, -0.2) is 4.98 Å². The van der Waals surface area contributed by atoms with E-state index in [1.807, 2.05) is 25.8 Å². The number of halogens is 3. The molecule has 0 bridgehead atoms. The standard InChI is InChI=1S/C22H26F3N7O2/c1-11(2)18-20(34)29-17-12(3)27-21(30-19(17)31(18)4)28-14-9-32(10-14)16(33)7-13-5-6-15(26-8-13)22(23,24)25/h5-6,8,11,14,18H,7,9-10H2,1-4H3,(H,29,34)(H,27,28,30). The maximum atomic E-state index is 12.6. The van der Waals surface area contributed by atoms with E-state index in [-0.39, 0.29) is 36.2 Å². The highest BCUT2D eigenvalue weighted by Crippen LogP contribution is 2.34.